The van der Waals surface area contributed by atoms with Crippen molar-refractivity contribution in [2.24, 2.45) is 11.8 Å². The summed E-state index contributed by atoms with van der Waals surface area (Å²) in [6.07, 6.45) is 3.09. The van der Waals surface area contributed by atoms with Gasteiger partial charge in [0.2, 0.25) is 0 Å². The van der Waals surface area contributed by atoms with Crippen molar-refractivity contribution in [2.75, 3.05) is 19.7 Å². The second-order valence-corrected chi connectivity index (χ2v) is 4.47. The van der Waals surface area contributed by atoms with E-state index in [1.165, 1.54) is 19.4 Å². The molecular weight excluding hydrogens is 162 g/mol. The molecule has 1 aliphatic rings. The summed E-state index contributed by atoms with van der Waals surface area (Å²) < 4.78 is 5.51. The topological polar surface area (TPSA) is 21.3 Å². The second kappa shape index (κ2) is 5.61. The molecular formula is C11H23NO. The number of hydrogen-bond acceptors (Lipinski definition) is 2. The van der Waals surface area contributed by atoms with Crippen LogP contribution < -0.4 is 5.32 Å². The van der Waals surface area contributed by atoms with Gasteiger partial charge < -0.3 is 10.1 Å². The molecule has 0 spiro atoms. The Kier molecular flexibility index (Phi) is 4.74. The molecule has 1 N–H and O–H groups in total. The smallest absolute Gasteiger partial charge is 0.0581 e. The van der Waals surface area contributed by atoms with E-state index in [1.54, 1.807) is 0 Å². The average Bonchev–Trinajstić information content (AvgIpc) is 1.99. The van der Waals surface area contributed by atoms with Gasteiger partial charge in [0, 0.05) is 6.61 Å². The molecule has 0 saturated heterocycles. The Labute approximate surface area is 82.0 Å². The van der Waals surface area contributed by atoms with Crippen LogP contribution in [-0.2, 0) is 4.74 Å². The van der Waals surface area contributed by atoms with Gasteiger partial charge in [-0.05, 0) is 44.7 Å². The summed E-state index contributed by atoms with van der Waals surface area (Å²) in [5.74, 6) is 1.64. The van der Waals surface area contributed by atoms with E-state index in [0.717, 1.165) is 25.0 Å². The van der Waals surface area contributed by atoms with Gasteiger partial charge in [-0.2, -0.15) is 0 Å². The SMILES string of the molecule is CCOC1CC(CNCC(C)C)C1. The monoisotopic (exact) mass is 185 g/mol. The van der Waals surface area contributed by atoms with E-state index >= 15 is 0 Å². The summed E-state index contributed by atoms with van der Waals surface area (Å²) in [5, 5.41) is 3.49. The Hall–Kier alpha value is -0.0800. The molecule has 2 nitrogen and oxygen atoms in total. The molecule has 0 bridgehead atoms. The average molecular weight is 185 g/mol. The van der Waals surface area contributed by atoms with Gasteiger partial charge in [0.05, 0.1) is 6.10 Å². The maximum Gasteiger partial charge on any atom is 0.0581 e. The summed E-state index contributed by atoms with van der Waals surface area (Å²) in [5.41, 5.74) is 0. The third-order valence-corrected chi connectivity index (χ3v) is 2.58. The molecule has 1 fully saturated rings. The van der Waals surface area contributed by atoms with Gasteiger partial charge in [0.1, 0.15) is 0 Å². The summed E-state index contributed by atoms with van der Waals surface area (Å²) in [4.78, 5) is 0. The van der Waals surface area contributed by atoms with Crippen LogP contribution in [0.4, 0.5) is 0 Å². The highest BCUT2D eigenvalue weighted by atomic mass is 16.5. The predicted molar refractivity (Wildman–Crippen MR) is 55.8 cm³/mol. The summed E-state index contributed by atoms with van der Waals surface area (Å²) in [6, 6.07) is 0. The Morgan fingerprint density at radius 3 is 2.62 bits per heavy atom. The summed E-state index contributed by atoms with van der Waals surface area (Å²) in [6.45, 7) is 9.77. The lowest BCUT2D eigenvalue weighted by molar-refractivity contribution is -0.0238. The van der Waals surface area contributed by atoms with Crippen molar-refractivity contribution in [3.05, 3.63) is 0 Å². The zero-order valence-electron chi connectivity index (χ0n) is 9.18. The molecule has 0 heterocycles. The maximum atomic E-state index is 5.51. The second-order valence-electron chi connectivity index (χ2n) is 4.47. The van der Waals surface area contributed by atoms with Crippen LogP contribution in [0.3, 0.4) is 0 Å². The maximum absolute atomic E-state index is 5.51. The Bertz CT molecular complexity index is 130. The highest BCUT2D eigenvalue weighted by Crippen LogP contribution is 2.29. The van der Waals surface area contributed by atoms with E-state index in [0.29, 0.717) is 6.10 Å². The highest BCUT2D eigenvalue weighted by molar-refractivity contribution is 4.81. The standard InChI is InChI=1S/C11H23NO/c1-4-13-11-5-10(6-11)8-12-7-9(2)3/h9-12H,4-8H2,1-3H3. The molecule has 0 radical (unpaired) electrons. The van der Waals surface area contributed by atoms with Crippen molar-refractivity contribution in [1.82, 2.24) is 5.32 Å². The van der Waals surface area contributed by atoms with Gasteiger partial charge >= 0.3 is 0 Å². The molecule has 2 heteroatoms. The van der Waals surface area contributed by atoms with Crippen LogP contribution in [0.5, 0.6) is 0 Å². The fourth-order valence-electron chi connectivity index (χ4n) is 1.79. The van der Waals surface area contributed by atoms with E-state index in [2.05, 4.69) is 26.1 Å². The zero-order valence-corrected chi connectivity index (χ0v) is 9.18. The third-order valence-electron chi connectivity index (χ3n) is 2.58. The number of ether oxygens (including phenoxy) is 1. The number of hydrogen-bond donors (Lipinski definition) is 1. The Balaban J connectivity index is 1.90. The highest BCUT2D eigenvalue weighted by Gasteiger charge is 2.28. The summed E-state index contributed by atoms with van der Waals surface area (Å²) >= 11 is 0. The summed E-state index contributed by atoms with van der Waals surface area (Å²) in [7, 11) is 0. The molecule has 0 amide bonds. The fourth-order valence-corrected chi connectivity index (χ4v) is 1.79. The van der Waals surface area contributed by atoms with E-state index in [-0.39, 0.29) is 0 Å². The van der Waals surface area contributed by atoms with Crippen LogP contribution >= 0.6 is 0 Å². The molecule has 0 atom stereocenters. The van der Waals surface area contributed by atoms with Gasteiger partial charge in [0.15, 0.2) is 0 Å². The molecule has 0 aromatic carbocycles. The van der Waals surface area contributed by atoms with E-state index in [9.17, 15) is 0 Å². The molecule has 1 aliphatic carbocycles. The molecule has 1 saturated carbocycles. The largest absolute Gasteiger partial charge is 0.378 e. The van der Waals surface area contributed by atoms with Gasteiger partial charge in [-0.15, -0.1) is 0 Å². The van der Waals surface area contributed by atoms with Crippen molar-refractivity contribution in [3.63, 3.8) is 0 Å². The van der Waals surface area contributed by atoms with Crippen molar-refractivity contribution >= 4 is 0 Å². The van der Waals surface area contributed by atoms with Crippen LogP contribution in [0.2, 0.25) is 0 Å². The first kappa shape index (κ1) is 11.0. The van der Waals surface area contributed by atoms with Crippen LogP contribution in [-0.4, -0.2) is 25.8 Å². The van der Waals surface area contributed by atoms with E-state index < -0.39 is 0 Å². The molecule has 0 aliphatic heterocycles. The number of nitrogens with one attached hydrogen (secondary N) is 1. The minimum absolute atomic E-state index is 0.566. The fraction of sp³-hybridized carbons (Fsp3) is 1.00. The van der Waals surface area contributed by atoms with Crippen LogP contribution in [0.25, 0.3) is 0 Å². The minimum atomic E-state index is 0.566. The molecule has 78 valence electrons. The van der Waals surface area contributed by atoms with Crippen LogP contribution in [0.15, 0.2) is 0 Å². The quantitative estimate of drug-likeness (QED) is 0.684. The molecule has 0 aromatic rings. The molecule has 13 heavy (non-hydrogen) atoms. The van der Waals surface area contributed by atoms with Crippen molar-refractivity contribution in [3.8, 4) is 0 Å². The first-order valence-corrected chi connectivity index (χ1v) is 5.54. The lowest BCUT2D eigenvalue weighted by Gasteiger charge is -2.35. The van der Waals surface area contributed by atoms with Gasteiger partial charge in [-0.3, -0.25) is 0 Å². The first-order chi connectivity index (χ1) is 6.22. The van der Waals surface area contributed by atoms with Crippen molar-refractivity contribution in [1.29, 1.82) is 0 Å². The van der Waals surface area contributed by atoms with E-state index in [4.69, 9.17) is 4.74 Å². The first-order valence-electron chi connectivity index (χ1n) is 5.54. The third kappa shape index (κ3) is 4.10. The van der Waals surface area contributed by atoms with E-state index in [1.807, 2.05) is 0 Å². The van der Waals surface area contributed by atoms with Gasteiger partial charge in [0.25, 0.3) is 0 Å². The Morgan fingerprint density at radius 2 is 2.08 bits per heavy atom. The Morgan fingerprint density at radius 1 is 1.38 bits per heavy atom. The molecule has 0 aromatic heterocycles. The molecule has 0 unspecified atom stereocenters. The minimum Gasteiger partial charge on any atom is -0.378 e. The van der Waals surface area contributed by atoms with Crippen molar-refractivity contribution in [2.45, 2.75) is 39.7 Å². The normalized spacial score (nSPS) is 27.7. The van der Waals surface area contributed by atoms with Gasteiger partial charge in [-0.25, -0.2) is 0 Å². The predicted octanol–water partition coefficient (Wildman–Crippen LogP) is 2.05. The lowest BCUT2D eigenvalue weighted by Crippen LogP contribution is -2.38. The van der Waals surface area contributed by atoms with Crippen molar-refractivity contribution < 1.29 is 4.74 Å². The zero-order chi connectivity index (χ0) is 9.68. The lowest BCUT2D eigenvalue weighted by atomic mass is 9.82. The number of rotatable bonds is 6. The van der Waals surface area contributed by atoms with Crippen LogP contribution in [0, 0.1) is 11.8 Å². The molecule has 1 rings (SSSR count). The van der Waals surface area contributed by atoms with Crippen LogP contribution in [0.1, 0.15) is 33.6 Å². The van der Waals surface area contributed by atoms with Gasteiger partial charge in [-0.1, -0.05) is 13.8 Å².